The van der Waals surface area contributed by atoms with E-state index < -0.39 is 18.0 Å². The van der Waals surface area contributed by atoms with E-state index in [0.29, 0.717) is 19.3 Å². The van der Waals surface area contributed by atoms with Crippen molar-refractivity contribution in [3.63, 3.8) is 0 Å². The van der Waals surface area contributed by atoms with Crippen molar-refractivity contribution in [1.82, 2.24) is 0 Å². The Bertz CT molecular complexity index is 2180. The first-order valence-electron chi connectivity index (χ1n) is 31.5. The fourth-order valence-corrected chi connectivity index (χ4v) is 7.27. The SMILES string of the molecule is CC/C=C\C/C=C\C/C=C\C/C=C\C/C=C\C/C=C\C/C=C\CCCC(=O)OCC(COC(=O)CC/C=C\C/C=C\C/C=C\C/C=C\C/C=C\C/C=C\CC)OC(=O)CCC/C=C\C/C=C\C/C=C\C/C=C\C/C=C\C/C=C\C/C=C\CC. The zero-order chi connectivity index (χ0) is 59.9. The maximum Gasteiger partial charge on any atom is 0.306 e. The van der Waals surface area contributed by atoms with E-state index >= 15 is 0 Å². The molecule has 0 aromatic carbocycles. The predicted octanol–water partition coefficient (Wildman–Crippen LogP) is 22.1. The molecule has 0 fully saturated rings. The van der Waals surface area contributed by atoms with Crippen molar-refractivity contribution in [2.45, 2.75) is 207 Å². The van der Waals surface area contributed by atoms with Gasteiger partial charge in [0.05, 0.1) is 0 Å². The molecule has 6 nitrogen and oxygen atoms in total. The van der Waals surface area contributed by atoms with Gasteiger partial charge in [0, 0.05) is 19.3 Å². The van der Waals surface area contributed by atoms with Crippen LogP contribution >= 0.6 is 0 Å². The summed E-state index contributed by atoms with van der Waals surface area (Å²) < 4.78 is 16.7. The quantitative estimate of drug-likeness (QED) is 0.0261. The van der Waals surface area contributed by atoms with Gasteiger partial charge in [0.25, 0.3) is 0 Å². The van der Waals surface area contributed by atoms with Crippen molar-refractivity contribution in [3.05, 3.63) is 243 Å². The molecule has 0 radical (unpaired) electrons. The molecule has 0 rings (SSSR count). The van der Waals surface area contributed by atoms with E-state index in [4.69, 9.17) is 14.2 Å². The van der Waals surface area contributed by atoms with Gasteiger partial charge in [-0.2, -0.15) is 0 Å². The Morgan fingerprint density at radius 3 is 0.675 bits per heavy atom. The second-order valence-electron chi connectivity index (χ2n) is 19.5. The Hall–Kier alpha value is -6.79. The van der Waals surface area contributed by atoms with Crippen molar-refractivity contribution in [2.75, 3.05) is 13.2 Å². The summed E-state index contributed by atoms with van der Waals surface area (Å²) in [5.74, 6) is -1.19. The molecule has 0 aliphatic carbocycles. The number of rotatable bonds is 53. The number of unbranched alkanes of at least 4 members (excludes halogenated alkanes) is 2. The fourth-order valence-electron chi connectivity index (χ4n) is 7.27. The van der Waals surface area contributed by atoms with Gasteiger partial charge in [-0.25, -0.2) is 0 Å². The first-order valence-corrected chi connectivity index (χ1v) is 31.5. The summed E-state index contributed by atoms with van der Waals surface area (Å²) >= 11 is 0. The standard InChI is InChI=1S/C77H110O6/c1-4-7-10-13-16-19-22-25-28-31-34-36-38-40-43-46-49-52-55-58-61-64-67-70-76(79)82-73-74(72-81-75(78)69-66-63-60-57-54-51-48-45-42-33-30-27-24-21-18-15-12-9-6-3)83-77(80)71-68-65-62-59-56-53-50-47-44-41-39-37-35-32-29-26-23-20-17-14-11-8-5-2/h7-12,16-21,25-30,34-37,40-45,49-54,58-63,74H,4-6,13-15,22-24,31-33,38-39,46-48,55-57,64-73H2,1-3H3/b10-7-,11-8-,12-9-,19-16-,20-17-,21-18-,28-25-,29-26-,30-27-,36-34-,37-35-,43-40-,44-41-,45-42-,52-49-,53-50-,54-51-,61-58-,62-59-,63-60-. The lowest BCUT2D eigenvalue weighted by Gasteiger charge is -2.18. The molecule has 0 bridgehead atoms. The number of allylic oxidation sites excluding steroid dienone is 40. The summed E-state index contributed by atoms with van der Waals surface area (Å²) in [4.78, 5) is 38.3. The maximum atomic E-state index is 12.9. The second kappa shape index (κ2) is 67.7. The Labute approximate surface area is 507 Å². The lowest BCUT2D eigenvalue weighted by molar-refractivity contribution is -0.166. The van der Waals surface area contributed by atoms with Gasteiger partial charge in [-0.3, -0.25) is 14.4 Å². The van der Waals surface area contributed by atoms with Crippen LogP contribution in [-0.4, -0.2) is 37.2 Å². The smallest absolute Gasteiger partial charge is 0.306 e. The molecule has 0 amide bonds. The molecule has 6 heteroatoms. The van der Waals surface area contributed by atoms with Crippen LogP contribution in [0, 0.1) is 0 Å². The molecule has 0 aromatic heterocycles. The third-order valence-corrected chi connectivity index (χ3v) is 11.8. The van der Waals surface area contributed by atoms with E-state index in [1.165, 1.54) is 0 Å². The average Bonchev–Trinajstić information content (AvgIpc) is 3.49. The van der Waals surface area contributed by atoms with Gasteiger partial charge in [0.15, 0.2) is 6.10 Å². The van der Waals surface area contributed by atoms with Gasteiger partial charge < -0.3 is 14.2 Å². The molecular weight excluding hydrogens is 1020 g/mol. The Kier molecular flexibility index (Phi) is 62.2. The average molecular weight is 1130 g/mol. The summed E-state index contributed by atoms with van der Waals surface area (Å²) in [6, 6.07) is 0. The second-order valence-corrected chi connectivity index (χ2v) is 19.5. The van der Waals surface area contributed by atoms with Crippen LogP contribution in [0.15, 0.2) is 243 Å². The zero-order valence-electron chi connectivity index (χ0n) is 51.8. The van der Waals surface area contributed by atoms with Crippen LogP contribution in [-0.2, 0) is 28.6 Å². The van der Waals surface area contributed by atoms with Gasteiger partial charge in [0.2, 0.25) is 0 Å². The van der Waals surface area contributed by atoms with Crippen LogP contribution in [0.4, 0.5) is 0 Å². The number of ether oxygens (including phenoxy) is 3. The number of hydrogen-bond acceptors (Lipinski definition) is 6. The minimum Gasteiger partial charge on any atom is -0.462 e. The number of carbonyl (C=O) groups is 3. The van der Waals surface area contributed by atoms with Gasteiger partial charge in [-0.05, 0) is 161 Å². The van der Waals surface area contributed by atoms with Gasteiger partial charge in [0.1, 0.15) is 13.2 Å². The Morgan fingerprint density at radius 2 is 0.434 bits per heavy atom. The van der Waals surface area contributed by atoms with Crippen molar-refractivity contribution in [3.8, 4) is 0 Å². The Morgan fingerprint density at radius 1 is 0.241 bits per heavy atom. The van der Waals surface area contributed by atoms with E-state index in [-0.39, 0.29) is 38.4 Å². The van der Waals surface area contributed by atoms with Gasteiger partial charge >= 0.3 is 17.9 Å². The molecule has 0 saturated heterocycles. The first kappa shape index (κ1) is 76.2. The van der Waals surface area contributed by atoms with Crippen molar-refractivity contribution in [1.29, 1.82) is 0 Å². The van der Waals surface area contributed by atoms with Crippen LogP contribution in [0.5, 0.6) is 0 Å². The molecule has 0 spiro atoms. The number of esters is 3. The molecule has 1 unspecified atom stereocenters. The van der Waals surface area contributed by atoms with Crippen molar-refractivity contribution < 1.29 is 28.6 Å². The molecule has 454 valence electrons. The highest BCUT2D eigenvalue weighted by molar-refractivity contribution is 5.71. The lowest BCUT2D eigenvalue weighted by atomic mass is 10.2. The van der Waals surface area contributed by atoms with Crippen LogP contribution < -0.4 is 0 Å². The third kappa shape index (κ3) is 65.9. The normalized spacial score (nSPS) is 13.8. The molecule has 0 heterocycles. The topological polar surface area (TPSA) is 78.9 Å². The third-order valence-electron chi connectivity index (χ3n) is 11.8. The van der Waals surface area contributed by atoms with Crippen LogP contribution in [0.25, 0.3) is 0 Å². The van der Waals surface area contributed by atoms with Crippen molar-refractivity contribution >= 4 is 17.9 Å². The fraction of sp³-hybridized carbons (Fsp3) is 0.442. The first-order chi connectivity index (χ1) is 41.0. The monoisotopic (exact) mass is 1130 g/mol. The predicted molar refractivity (Wildman–Crippen MR) is 361 cm³/mol. The van der Waals surface area contributed by atoms with E-state index in [1.54, 1.807) is 0 Å². The molecular formula is C77H110O6. The summed E-state index contributed by atoms with van der Waals surface area (Å²) in [5, 5.41) is 0. The van der Waals surface area contributed by atoms with E-state index in [2.05, 4.69) is 252 Å². The Balaban J connectivity index is 4.76. The molecule has 0 aliphatic rings. The molecule has 1 atom stereocenters. The van der Waals surface area contributed by atoms with Gasteiger partial charge in [-0.15, -0.1) is 0 Å². The zero-order valence-corrected chi connectivity index (χ0v) is 51.8. The van der Waals surface area contributed by atoms with Crippen LogP contribution in [0.1, 0.15) is 201 Å². The minimum atomic E-state index is -0.883. The summed E-state index contributed by atoms with van der Waals surface area (Å²) in [7, 11) is 0. The summed E-state index contributed by atoms with van der Waals surface area (Å²) in [5.41, 5.74) is 0. The van der Waals surface area contributed by atoms with Gasteiger partial charge in [-0.1, -0.05) is 264 Å². The van der Waals surface area contributed by atoms with Crippen LogP contribution in [0.2, 0.25) is 0 Å². The minimum absolute atomic E-state index is 0.171. The molecule has 83 heavy (non-hydrogen) atoms. The summed E-state index contributed by atoms with van der Waals surface area (Å²) in [6.07, 6.45) is 109. The number of hydrogen-bond donors (Lipinski definition) is 0. The van der Waals surface area contributed by atoms with E-state index in [1.807, 2.05) is 12.2 Å². The highest BCUT2D eigenvalue weighted by Gasteiger charge is 2.19. The largest absolute Gasteiger partial charge is 0.462 e. The van der Waals surface area contributed by atoms with E-state index in [0.717, 1.165) is 141 Å². The highest BCUT2D eigenvalue weighted by atomic mass is 16.6. The molecule has 0 aliphatic heterocycles. The molecule has 0 aromatic rings. The lowest BCUT2D eigenvalue weighted by Crippen LogP contribution is -2.30. The summed E-state index contributed by atoms with van der Waals surface area (Å²) in [6.45, 7) is 6.10. The molecule has 0 N–H and O–H groups in total. The highest BCUT2D eigenvalue weighted by Crippen LogP contribution is 2.09. The maximum absolute atomic E-state index is 12.9. The van der Waals surface area contributed by atoms with Crippen molar-refractivity contribution in [2.24, 2.45) is 0 Å². The molecule has 0 saturated carbocycles. The van der Waals surface area contributed by atoms with Crippen LogP contribution in [0.3, 0.4) is 0 Å². The number of carbonyl (C=O) groups excluding carboxylic acids is 3. The van der Waals surface area contributed by atoms with E-state index in [9.17, 15) is 14.4 Å².